The number of nitrogens with zero attached hydrogens (tertiary/aromatic N) is 3. The summed E-state index contributed by atoms with van der Waals surface area (Å²) >= 11 is 0. The molecule has 3 saturated heterocycles. The number of fused-ring (bicyclic) bond motifs is 3. The van der Waals surface area contributed by atoms with E-state index in [9.17, 15) is 23.6 Å². The van der Waals surface area contributed by atoms with E-state index >= 15 is 0 Å². The summed E-state index contributed by atoms with van der Waals surface area (Å²) in [5, 5.41) is 5.67. The summed E-state index contributed by atoms with van der Waals surface area (Å²) in [7, 11) is 0. The van der Waals surface area contributed by atoms with Gasteiger partial charge in [-0.3, -0.25) is 19.2 Å². The number of amides is 4. The Morgan fingerprint density at radius 1 is 1.10 bits per heavy atom. The zero-order valence-corrected chi connectivity index (χ0v) is 22.9. The summed E-state index contributed by atoms with van der Waals surface area (Å²) in [5.74, 6) is -0.929. The minimum atomic E-state index is -0.871. The number of morpholine rings is 1. The molecule has 1 aromatic rings. The summed E-state index contributed by atoms with van der Waals surface area (Å²) in [5.41, 5.74) is 0.295. The van der Waals surface area contributed by atoms with Gasteiger partial charge in [-0.25, -0.2) is 4.39 Å². The quantitative estimate of drug-likeness (QED) is 0.568. The third-order valence-electron chi connectivity index (χ3n) is 8.04. The number of hydrogen-bond donors (Lipinski definition) is 2. The lowest BCUT2D eigenvalue weighted by atomic mass is 9.80. The molecule has 3 heterocycles. The zero-order chi connectivity index (χ0) is 27.9. The maximum absolute atomic E-state index is 13.4. The molecule has 0 spiro atoms. The highest BCUT2D eigenvalue weighted by atomic mass is 19.1. The highest BCUT2D eigenvalue weighted by Crippen LogP contribution is 2.31. The maximum Gasteiger partial charge on any atom is 0.254 e. The van der Waals surface area contributed by atoms with E-state index < -0.39 is 17.8 Å². The molecule has 3 aliphatic rings. The monoisotopic (exact) mass is 545 g/mol. The molecule has 0 aromatic heterocycles. The molecular formula is C28H40FN5O5. The third-order valence-corrected chi connectivity index (χ3v) is 8.04. The van der Waals surface area contributed by atoms with Gasteiger partial charge >= 0.3 is 0 Å². The van der Waals surface area contributed by atoms with Crippen LogP contribution in [-0.2, 0) is 19.1 Å². The lowest BCUT2D eigenvalue weighted by molar-refractivity contribution is -0.156. The highest BCUT2D eigenvalue weighted by Gasteiger charge is 2.36. The largest absolute Gasteiger partial charge is 0.365 e. The van der Waals surface area contributed by atoms with Gasteiger partial charge in [0.2, 0.25) is 11.8 Å². The molecule has 3 aliphatic heterocycles. The number of hydrogen-bond acceptors (Lipinski definition) is 6. The van der Waals surface area contributed by atoms with Gasteiger partial charge in [-0.1, -0.05) is 0 Å². The lowest BCUT2D eigenvalue weighted by Gasteiger charge is -2.42. The van der Waals surface area contributed by atoms with Gasteiger partial charge in [0.25, 0.3) is 11.8 Å². The van der Waals surface area contributed by atoms with Crippen LogP contribution in [0.2, 0.25) is 0 Å². The van der Waals surface area contributed by atoms with Crippen molar-refractivity contribution < 1.29 is 28.3 Å². The van der Waals surface area contributed by atoms with Crippen LogP contribution >= 0.6 is 0 Å². The number of halogens is 1. The van der Waals surface area contributed by atoms with Crippen LogP contribution in [0.3, 0.4) is 0 Å². The molecule has 4 amide bonds. The normalized spacial score (nSPS) is 25.6. The van der Waals surface area contributed by atoms with Crippen molar-refractivity contribution in [3.63, 3.8) is 0 Å². The van der Waals surface area contributed by atoms with Crippen LogP contribution in [0.25, 0.3) is 0 Å². The standard InChI is InChI=1S/C28H40FN5O5/c1-19(2)32-11-8-21-15-26(36)33-13-14-39-24(17-33)28(38)34(18-25(35)30-9-7-22(21)16-32)12-10-31-27(37)20-3-5-23(29)6-4-20/h3-6,19,21-22,24H,7-18H2,1-2H3,(H,30,35)(H,31,37)/t21-,22-,24-/m0/s1. The van der Waals surface area contributed by atoms with Crippen molar-refractivity contribution in [1.82, 2.24) is 25.3 Å². The minimum Gasteiger partial charge on any atom is -0.365 e. The summed E-state index contributed by atoms with van der Waals surface area (Å²) in [6, 6.07) is 5.58. The van der Waals surface area contributed by atoms with Crippen molar-refractivity contribution in [2.45, 2.75) is 45.3 Å². The Labute approximate surface area is 229 Å². The molecular weight excluding hydrogens is 505 g/mol. The van der Waals surface area contributed by atoms with Crippen molar-refractivity contribution in [3.8, 4) is 0 Å². The van der Waals surface area contributed by atoms with Gasteiger partial charge in [-0.05, 0) is 69.3 Å². The van der Waals surface area contributed by atoms with Gasteiger partial charge < -0.3 is 30.1 Å². The van der Waals surface area contributed by atoms with Crippen LogP contribution in [0.4, 0.5) is 4.39 Å². The number of carbonyl (C=O) groups is 4. The zero-order valence-electron chi connectivity index (χ0n) is 22.9. The number of nitrogens with one attached hydrogen (secondary N) is 2. The van der Waals surface area contributed by atoms with Crippen LogP contribution < -0.4 is 10.6 Å². The first-order chi connectivity index (χ1) is 18.7. The van der Waals surface area contributed by atoms with Crippen LogP contribution in [0, 0.1) is 17.7 Å². The van der Waals surface area contributed by atoms with E-state index in [1.54, 1.807) is 4.90 Å². The SMILES string of the molecule is CC(C)N1CC[C@H]2CC(=O)N3CCO[C@@H](C3)C(=O)N(CCNC(=O)c3ccc(F)cc3)CC(=O)NCC[C@H]2C1. The third kappa shape index (κ3) is 7.76. The van der Waals surface area contributed by atoms with E-state index in [4.69, 9.17) is 4.74 Å². The van der Waals surface area contributed by atoms with Gasteiger partial charge in [0.15, 0.2) is 6.10 Å². The first-order valence-electron chi connectivity index (χ1n) is 13.9. The molecule has 2 bridgehead atoms. The molecule has 2 N–H and O–H groups in total. The molecule has 0 aliphatic carbocycles. The van der Waals surface area contributed by atoms with Crippen LogP contribution in [-0.4, -0.2) is 109 Å². The number of ether oxygens (including phenoxy) is 1. The Morgan fingerprint density at radius 3 is 2.62 bits per heavy atom. The number of piperidine rings is 1. The first-order valence-corrected chi connectivity index (χ1v) is 13.9. The molecule has 0 saturated carbocycles. The van der Waals surface area contributed by atoms with E-state index in [0.29, 0.717) is 37.0 Å². The van der Waals surface area contributed by atoms with E-state index in [1.807, 2.05) is 0 Å². The maximum atomic E-state index is 13.4. The fourth-order valence-corrected chi connectivity index (χ4v) is 5.66. The Kier molecular flexibility index (Phi) is 9.90. The molecule has 0 unspecified atom stereocenters. The van der Waals surface area contributed by atoms with Crippen molar-refractivity contribution in [1.29, 1.82) is 0 Å². The van der Waals surface area contributed by atoms with Crippen molar-refractivity contribution >= 4 is 23.6 Å². The molecule has 1 aromatic carbocycles. The topological polar surface area (TPSA) is 111 Å². The molecule has 11 heteroatoms. The van der Waals surface area contributed by atoms with E-state index in [2.05, 4.69) is 29.4 Å². The second-order valence-electron chi connectivity index (χ2n) is 11.0. The van der Waals surface area contributed by atoms with Crippen molar-refractivity contribution in [3.05, 3.63) is 35.6 Å². The van der Waals surface area contributed by atoms with Gasteiger partial charge in [0.05, 0.1) is 19.7 Å². The van der Waals surface area contributed by atoms with Gasteiger partial charge in [0, 0.05) is 50.7 Å². The Hall–Kier alpha value is -3.05. The Bertz CT molecular complexity index is 1040. The van der Waals surface area contributed by atoms with Crippen molar-refractivity contribution in [2.75, 3.05) is 59.0 Å². The summed E-state index contributed by atoms with van der Waals surface area (Å²) in [6.45, 7) is 7.51. The molecule has 0 radical (unpaired) electrons. The van der Waals surface area contributed by atoms with Crippen LogP contribution in [0.1, 0.15) is 43.5 Å². The van der Waals surface area contributed by atoms with E-state index in [-0.39, 0.29) is 56.4 Å². The second kappa shape index (κ2) is 13.3. The average molecular weight is 546 g/mol. The molecule has 39 heavy (non-hydrogen) atoms. The van der Waals surface area contributed by atoms with Crippen LogP contribution in [0.15, 0.2) is 24.3 Å². The minimum absolute atomic E-state index is 0.0447. The number of benzene rings is 1. The number of carbonyl (C=O) groups excluding carboxylic acids is 4. The summed E-state index contributed by atoms with van der Waals surface area (Å²) < 4.78 is 18.9. The predicted octanol–water partition coefficient (Wildman–Crippen LogP) is 0.868. The smallest absolute Gasteiger partial charge is 0.254 e. The first kappa shape index (κ1) is 28.9. The average Bonchev–Trinajstić information content (AvgIpc) is 2.92. The Balaban J connectivity index is 1.43. The molecule has 3 atom stereocenters. The van der Waals surface area contributed by atoms with Crippen LogP contribution in [0.5, 0.6) is 0 Å². The fourth-order valence-electron chi connectivity index (χ4n) is 5.66. The second-order valence-corrected chi connectivity index (χ2v) is 11.0. The van der Waals surface area contributed by atoms with Crippen molar-refractivity contribution in [2.24, 2.45) is 11.8 Å². The fraction of sp³-hybridized carbons (Fsp3) is 0.643. The van der Waals surface area contributed by atoms with Gasteiger partial charge in [-0.2, -0.15) is 0 Å². The number of likely N-dealkylation sites (tertiary alicyclic amines) is 1. The summed E-state index contributed by atoms with van der Waals surface area (Å²) in [6.07, 6.45) is 1.27. The van der Waals surface area contributed by atoms with E-state index in [0.717, 1.165) is 25.9 Å². The van der Waals surface area contributed by atoms with Gasteiger partial charge in [0.1, 0.15) is 5.82 Å². The number of rotatable bonds is 5. The van der Waals surface area contributed by atoms with Gasteiger partial charge in [-0.15, -0.1) is 0 Å². The lowest BCUT2D eigenvalue weighted by Crippen LogP contribution is -2.55. The van der Waals surface area contributed by atoms with E-state index in [1.165, 1.54) is 29.2 Å². The predicted molar refractivity (Wildman–Crippen MR) is 142 cm³/mol. The molecule has 10 nitrogen and oxygen atoms in total. The molecule has 4 rings (SSSR count). The highest BCUT2D eigenvalue weighted by molar-refractivity contribution is 5.94. The molecule has 214 valence electrons. The Morgan fingerprint density at radius 2 is 1.87 bits per heavy atom. The molecule has 3 fully saturated rings. The summed E-state index contributed by atoms with van der Waals surface area (Å²) in [4.78, 5) is 57.5.